The fraction of sp³-hybridized carbons (Fsp3) is 0.529. The molecular formula is C17H23FN4O2. The monoisotopic (exact) mass is 334 g/mol. The quantitative estimate of drug-likeness (QED) is 0.832. The van der Waals surface area contributed by atoms with Crippen LogP contribution in [0.2, 0.25) is 0 Å². The fourth-order valence-corrected chi connectivity index (χ4v) is 3.20. The van der Waals surface area contributed by atoms with Gasteiger partial charge in [0.2, 0.25) is 5.91 Å². The minimum Gasteiger partial charge on any atom is -0.339 e. The fourth-order valence-electron chi connectivity index (χ4n) is 3.20. The lowest BCUT2D eigenvalue weighted by Crippen LogP contribution is -2.51. The molecule has 2 heterocycles. The van der Waals surface area contributed by atoms with Gasteiger partial charge >= 0.3 is 6.03 Å². The number of carbonyl (C=O) groups is 2. The van der Waals surface area contributed by atoms with Crippen LogP contribution in [0.15, 0.2) is 24.3 Å². The van der Waals surface area contributed by atoms with E-state index in [1.807, 2.05) is 4.90 Å². The van der Waals surface area contributed by atoms with E-state index in [0.29, 0.717) is 26.2 Å². The number of hydrogen-bond acceptors (Lipinski definition) is 3. The van der Waals surface area contributed by atoms with Gasteiger partial charge in [0.1, 0.15) is 12.4 Å². The molecule has 0 saturated carbocycles. The number of carbonyl (C=O) groups excluding carboxylic acids is 2. The van der Waals surface area contributed by atoms with Crippen LogP contribution in [0.25, 0.3) is 0 Å². The number of hydrogen-bond donors (Lipinski definition) is 0. The molecule has 3 rings (SSSR count). The summed E-state index contributed by atoms with van der Waals surface area (Å²) >= 11 is 0. The molecule has 24 heavy (non-hydrogen) atoms. The van der Waals surface area contributed by atoms with Crippen LogP contribution in [-0.4, -0.2) is 79.0 Å². The molecular weight excluding hydrogens is 311 g/mol. The predicted octanol–water partition coefficient (Wildman–Crippen LogP) is 1.23. The molecule has 1 aromatic carbocycles. The minimum atomic E-state index is -0.422. The number of halogens is 1. The Hall–Kier alpha value is -2.15. The number of urea groups is 1. The Morgan fingerprint density at radius 1 is 1.08 bits per heavy atom. The van der Waals surface area contributed by atoms with Gasteiger partial charge in [-0.1, -0.05) is 19.1 Å². The topological polar surface area (TPSA) is 47.1 Å². The van der Waals surface area contributed by atoms with Crippen molar-refractivity contribution in [3.8, 4) is 0 Å². The summed E-state index contributed by atoms with van der Waals surface area (Å²) in [5.41, 5.74) is 0.272. The van der Waals surface area contributed by atoms with Crippen molar-refractivity contribution in [2.45, 2.75) is 6.92 Å². The van der Waals surface area contributed by atoms with E-state index in [0.717, 1.165) is 19.6 Å². The molecule has 0 bridgehead atoms. The first kappa shape index (κ1) is 16.7. The van der Waals surface area contributed by atoms with Crippen LogP contribution in [0, 0.1) is 5.82 Å². The number of anilines is 1. The molecule has 0 spiro atoms. The maximum atomic E-state index is 13.9. The summed E-state index contributed by atoms with van der Waals surface area (Å²) in [5.74, 6) is -0.454. The molecule has 7 heteroatoms. The molecule has 2 saturated heterocycles. The van der Waals surface area contributed by atoms with Gasteiger partial charge in [-0.25, -0.2) is 9.18 Å². The van der Waals surface area contributed by atoms with Gasteiger partial charge in [-0.3, -0.25) is 9.69 Å². The highest BCUT2D eigenvalue weighted by molar-refractivity contribution is 5.96. The number of piperazine rings is 1. The van der Waals surface area contributed by atoms with Gasteiger partial charge in [0.15, 0.2) is 0 Å². The van der Waals surface area contributed by atoms with Gasteiger partial charge in [0, 0.05) is 39.3 Å². The van der Waals surface area contributed by atoms with Crippen LogP contribution < -0.4 is 4.90 Å². The third-order valence-electron chi connectivity index (χ3n) is 4.74. The normalized spacial score (nSPS) is 19.2. The van der Waals surface area contributed by atoms with Crippen molar-refractivity contribution in [1.29, 1.82) is 0 Å². The maximum absolute atomic E-state index is 13.9. The molecule has 0 unspecified atom stereocenters. The first-order valence-corrected chi connectivity index (χ1v) is 8.41. The Labute approximate surface area is 141 Å². The van der Waals surface area contributed by atoms with E-state index in [9.17, 15) is 14.0 Å². The summed E-state index contributed by atoms with van der Waals surface area (Å²) < 4.78 is 13.9. The SMILES string of the molecule is CCN1CCN(C(=O)CN2CCN(c3ccccc3F)C2=O)CC1. The Bertz CT molecular complexity index is 616. The van der Waals surface area contributed by atoms with Crippen LogP contribution in [0.5, 0.6) is 0 Å². The van der Waals surface area contributed by atoms with Gasteiger partial charge < -0.3 is 14.7 Å². The number of para-hydroxylation sites is 1. The predicted molar refractivity (Wildman–Crippen MR) is 89.4 cm³/mol. The first-order valence-electron chi connectivity index (χ1n) is 8.41. The second-order valence-corrected chi connectivity index (χ2v) is 6.12. The maximum Gasteiger partial charge on any atom is 0.325 e. The highest BCUT2D eigenvalue weighted by Gasteiger charge is 2.33. The number of nitrogens with zero attached hydrogens (tertiary/aromatic N) is 4. The van der Waals surface area contributed by atoms with Gasteiger partial charge in [-0.15, -0.1) is 0 Å². The van der Waals surface area contributed by atoms with Crippen molar-refractivity contribution < 1.29 is 14.0 Å². The first-order chi connectivity index (χ1) is 11.6. The van der Waals surface area contributed by atoms with Gasteiger partial charge in [0.25, 0.3) is 0 Å². The van der Waals surface area contributed by atoms with E-state index < -0.39 is 5.82 Å². The molecule has 2 aliphatic rings. The standard InChI is InChI=1S/C17H23FN4O2/c1-2-19-7-9-20(10-8-19)16(23)13-21-11-12-22(17(21)24)15-6-4-3-5-14(15)18/h3-6H,2,7-13H2,1H3. The zero-order chi connectivity index (χ0) is 17.1. The summed E-state index contributed by atoms with van der Waals surface area (Å²) in [5, 5.41) is 0. The molecule has 0 atom stereocenters. The van der Waals surface area contributed by atoms with Crippen LogP contribution >= 0.6 is 0 Å². The number of likely N-dealkylation sites (N-methyl/N-ethyl adjacent to an activating group) is 1. The van der Waals surface area contributed by atoms with Crippen molar-refractivity contribution >= 4 is 17.6 Å². The number of benzene rings is 1. The Morgan fingerprint density at radius 3 is 2.46 bits per heavy atom. The molecule has 130 valence electrons. The molecule has 3 amide bonds. The second kappa shape index (κ2) is 7.17. The van der Waals surface area contributed by atoms with Crippen molar-refractivity contribution in [2.24, 2.45) is 0 Å². The average Bonchev–Trinajstić information content (AvgIpc) is 2.96. The molecule has 0 aromatic heterocycles. The lowest BCUT2D eigenvalue weighted by Gasteiger charge is -2.34. The van der Waals surface area contributed by atoms with Crippen LogP contribution in [0.1, 0.15) is 6.92 Å². The Morgan fingerprint density at radius 2 is 1.79 bits per heavy atom. The van der Waals surface area contributed by atoms with Crippen LogP contribution in [0.4, 0.5) is 14.9 Å². The molecule has 6 nitrogen and oxygen atoms in total. The zero-order valence-corrected chi connectivity index (χ0v) is 13.9. The molecule has 0 N–H and O–H groups in total. The van der Waals surface area contributed by atoms with Crippen molar-refractivity contribution in [1.82, 2.24) is 14.7 Å². The minimum absolute atomic E-state index is 0.0329. The Kier molecular flexibility index (Phi) is 4.99. The van der Waals surface area contributed by atoms with Crippen LogP contribution in [0.3, 0.4) is 0 Å². The van der Waals surface area contributed by atoms with Crippen LogP contribution in [-0.2, 0) is 4.79 Å². The molecule has 1 aromatic rings. The summed E-state index contributed by atoms with van der Waals surface area (Å²) in [6.07, 6.45) is 0. The second-order valence-electron chi connectivity index (χ2n) is 6.12. The Balaban J connectivity index is 1.58. The van der Waals surface area contributed by atoms with E-state index in [1.54, 1.807) is 18.2 Å². The smallest absolute Gasteiger partial charge is 0.325 e. The summed E-state index contributed by atoms with van der Waals surface area (Å²) in [4.78, 5) is 31.9. The van der Waals surface area contributed by atoms with Gasteiger partial charge in [0.05, 0.1) is 5.69 Å². The lowest BCUT2D eigenvalue weighted by molar-refractivity contribution is -0.133. The largest absolute Gasteiger partial charge is 0.339 e. The van der Waals surface area contributed by atoms with E-state index in [1.165, 1.54) is 15.9 Å². The summed E-state index contributed by atoms with van der Waals surface area (Å²) in [6.45, 7) is 7.15. The van der Waals surface area contributed by atoms with Gasteiger partial charge in [-0.05, 0) is 18.7 Å². The summed E-state index contributed by atoms with van der Waals surface area (Å²) in [7, 11) is 0. The zero-order valence-electron chi connectivity index (χ0n) is 13.9. The van der Waals surface area contributed by atoms with Gasteiger partial charge in [-0.2, -0.15) is 0 Å². The third-order valence-corrected chi connectivity index (χ3v) is 4.74. The van der Waals surface area contributed by atoms with Crippen molar-refractivity contribution in [3.05, 3.63) is 30.1 Å². The average molecular weight is 334 g/mol. The van der Waals surface area contributed by atoms with E-state index >= 15 is 0 Å². The lowest BCUT2D eigenvalue weighted by atomic mass is 10.3. The highest BCUT2D eigenvalue weighted by Crippen LogP contribution is 2.23. The summed E-state index contributed by atoms with van der Waals surface area (Å²) in [6, 6.07) is 5.91. The third kappa shape index (κ3) is 3.36. The van der Waals surface area contributed by atoms with Crippen molar-refractivity contribution in [2.75, 3.05) is 57.3 Å². The molecule has 0 radical (unpaired) electrons. The molecule has 2 fully saturated rings. The molecule has 0 aliphatic carbocycles. The number of amides is 3. The van der Waals surface area contributed by atoms with E-state index in [2.05, 4.69) is 11.8 Å². The van der Waals surface area contributed by atoms with E-state index in [-0.39, 0.29) is 24.2 Å². The van der Waals surface area contributed by atoms with Crippen molar-refractivity contribution in [3.63, 3.8) is 0 Å². The number of rotatable bonds is 4. The molecule has 2 aliphatic heterocycles. The van der Waals surface area contributed by atoms with E-state index in [4.69, 9.17) is 0 Å². The highest BCUT2D eigenvalue weighted by atomic mass is 19.1.